The third-order valence-electron chi connectivity index (χ3n) is 11.4. The summed E-state index contributed by atoms with van der Waals surface area (Å²) in [5.41, 5.74) is 5.10. The summed E-state index contributed by atoms with van der Waals surface area (Å²) in [5, 5.41) is 2.76. The van der Waals surface area contributed by atoms with Gasteiger partial charge >= 0.3 is 6.09 Å². The molecule has 0 saturated carbocycles. The average molecular weight is 758 g/mol. The molecule has 1 aromatic heterocycles. The molecular weight excluding hydrogens is 695 g/mol. The van der Waals surface area contributed by atoms with E-state index in [0.717, 1.165) is 37.2 Å². The number of morpholine rings is 1. The number of nitrogens with one attached hydrogen (secondary N) is 2. The Labute approximate surface area is 327 Å². The highest BCUT2D eigenvalue weighted by atomic mass is 16.6. The molecule has 5 rings (SSSR count). The van der Waals surface area contributed by atoms with Gasteiger partial charge in [0.25, 0.3) is 0 Å². The predicted octanol–water partition coefficient (Wildman–Crippen LogP) is 7.54. The molecule has 0 radical (unpaired) electrons. The minimum absolute atomic E-state index is 0.0608. The monoisotopic (exact) mass is 757 g/mol. The van der Waals surface area contributed by atoms with Gasteiger partial charge in [-0.05, 0) is 93.4 Å². The maximum Gasteiger partial charge on any atom is 0.408 e. The van der Waals surface area contributed by atoms with E-state index in [-0.39, 0.29) is 47.3 Å². The van der Waals surface area contributed by atoms with Crippen LogP contribution < -0.4 is 5.32 Å². The maximum absolute atomic E-state index is 13.7. The number of carbonyl (C=O) groups excluding carboxylic acids is 4. The Bertz CT molecular complexity index is 1730. The van der Waals surface area contributed by atoms with Crippen LogP contribution in [-0.2, 0) is 30.3 Å². The number of H-pyrrole nitrogens is 1. The Hall–Kier alpha value is -4.25. The second-order valence-electron chi connectivity index (χ2n) is 17.3. The lowest BCUT2D eigenvalue weighted by Crippen LogP contribution is -2.54. The van der Waals surface area contributed by atoms with Crippen molar-refractivity contribution < 1.29 is 28.7 Å². The van der Waals surface area contributed by atoms with Crippen LogP contribution in [0.3, 0.4) is 0 Å². The van der Waals surface area contributed by atoms with E-state index in [1.807, 2.05) is 38.8 Å². The number of nitrogens with zero attached hydrogens (tertiary/aromatic N) is 3. The molecule has 2 N–H and O–H groups in total. The third kappa shape index (κ3) is 10.5. The first-order chi connectivity index (χ1) is 26.0. The molecule has 3 amide bonds. The van der Waals surface area contributed by atoms with Crippen molar-refractivity contribution in [2.24, 2.45) is 23.7 Å². The van der Waals surface area contributed by atoms with Gasteiger partial charge in [0.2, 0.25) is 11.8 Å². The molecule has 1 aromatic carbocycles. The number of carbonyl (C=O) groups is 4. The van der Waals surface area contributed by atoms with E-state index in [2.05, 4.69) is 60.6 Å². The molecule has 55 heavy (non-hydrogen) atoms. The van der Waals surface area contributed by atoms with Gasteiger partial charge in [0, 0.05) is 24.9 Å². The molecule has 2 aliphatic heterocycles. The summed E-state index contributed by atoms with van der Waals surface area (Å²) in [6, 6.07) is 7.16. The van der Waals surface area contributed by atoms with Crippen molar-refractivity contribution in [2.75, 3.05) is 26.3 Å². The van der Waals surface area contributed by atoms with Crippen LogP contribution in [0.5, 0.6) is 0 Å². The van der Waals surface area contributed by atoms with Gasteiger partial charge in [-0.3, -0.25) is 14.4 Å². The summed E-state index contributed by atoms with van der Waals surface area (Å²) in [6.07, 6.45) is 10.2. The molecule has 2 saturated heterocycles. The summed E-state index contributed by atoms with van der Waals surface area (Å²) in [7, 11) is 0. The highest BCUT2D eigenvalue weighted by molar-refractivity contribution is 5.93. The molecule has 2 fully saturated rings. The molecule has 3 aliphatic rings. The highest BCUT2D eigenvalue weighted by Crippen LogP contribution is 2.33. The zero-order valence-electron chi connectivity index (χ0n) is 34.4. The van der Waals surface area contributed by atoms with Crippen molar-refractivity contribution in [3.63, 3.8) is 0 Å². The quantitative estimate of drug-likeness (QED) is 0.216. The fourth-order valence-electron chi connectivity index (χ4n) is 7.60. The van der Waals surface area contributed by atoms with Gasteiger partial charge in [-0.2, -0.15) is 0 Å². The molecule has 2 aromatic rings. The van der Waals surface area contributed by atoms with Gasteiger partial charge in [-0.15, -0.1) is 0 Å². The zero-order valence-corrected chi connectivity index (χ0v) is 34.4. The number of imidazole rings is 1. The topological polar surface area (TPSA) is 134 Å². The average Bonchev–Trinajstić information content (AvgIpc) is 3.85. The molecular formula is C44H63N5O6. The normalized spacial score (nSPS) is 20.9. The molecule has 5 unspecified atom stereocenters. The lowest BCUT2D eigenvalue weighted by atomic mass is 9.90. The van der Waals surface area contributed by atoms with E-state index in [1.54, 1.807) is 25.7 Å². The summed E-state index contributed by atoms with van der Waals surface area (Å²) in [6.45, 7) is 19.3. The molecule has 3 heterocycles. The van der Waals surface area contributed by atoms with Crippen LogP contribution in [0.4, 0.5) is 4.79 Å². The standard InChI is InChI=1S/C44H63N5O6/c1-27(2)30(6)41(51)49-23-24-54-26-37(49)40-45-25-35(46-40)34-20-18-33(19-21-34)32-16-14-31(15-17-32)13-12-29(5)39(50)36-11-10-22-48(36)42(52)38(28(3)4)47-43(53)55-44(7,8)9/h14-18,20,25,27-30,36-38H,10-13,19,21-24,26H2,1-9H3,(H,45,46)(H,47,53). The Morgan fingerprint density at radius 3 is 2.25 bits per heavy atom. The number of aromatic nitrogens is 2. The number of likely N-dealkylation sites (tertiary alicyclic amines) is 1. The second kappa shape index (κ2) is 18.1. The molecule has 300 valence electrons. The van der Waals surface area contributed by atoms with E-state index < -0.39 is 23.8 Å². The number of allylic oxidation sites excluding steroid dienone is 4. The van der Waals surface area contributed by atoms with Crippen molar-refractivity contribution in [1.82, 2.24) is 25.1 Å². The molecule has 0 bridgehead atoms. The lowest BCUT2D eigenvalue weighted by Gasteiger charge is -2.36. The fraction of sp³-hybridized carbons (Fsp3) is 0.614. The summed E-state index contributed by atoms with van der Waals surface area (Å²) in [5.74, 6) is 0.614. The number of amides is 3. The first-order valence-electron chi connectivity index (χ1n) is 20.3. The first-order valence-corrected chi connectivity index (χ1v) is 20.3. The smallest absolute Gasteiger partial charge is 0.408 e. The first kappa shape index (κ1) is 41.9. The van der Waals surface area contributed by atoms with Gasteiger partial charge in [0.05, 0.1) is 31.1 Å². The van der Waals surface area contributed by atoms with Gasteiger partial charge in [-0.1, -0.05) is 78.0 Å². The number of aromatic amines is 1. The number of aryl methyl sites for hydroxylation is 1. The van der Waals surface area contributed by atoms with E-state index in [4.69, 9.17) is 14.5 Å². The summed E-state index contributed by atoms with van der Waals surface area (Å²) < 4.78 is 11.2. The van der Waals surface area contributed by atoms with Crippen LogP contribution in [-0.4, -0.2) is 87.4 Å². The van der Waals surface area contributed by atoms with Crippen molar-refractivity contribution >= 4 is 34.8 Å². The van der Waals surface area contributed by atoms with E-state index in [0.29, 0.717) is 39.1 Å². The van der Waals surface area contributed by atoms with Crippen molar-refractivity contribution in [2.45, 2.75) is 125 Å². The van der Waals surface area contributed by atoms with E-state index in [1.165, 1.54) is 22.3 Å². The molecule has 5 atom stereocenters. The van der Waals surface area contributed by atoms with Gasteiger partial charge < -0.3 is 29.6 Å². The number of Topliss-reactive ketones (excluding diaryl/α,β-unsaturated/α-hetero) is 1. The Kier molecular flexibility index (Phi) is 13.8. The number of rotatable bonds is 13. The van der Waals surface area contributed by atoms with Gasteiger partial charge in [0.15, 0.2) is 5.78 Å². The molecule has 1 aliphatic carbocycles. The Balaban J connectivity index is 1.15. The molecule has 11 nitrogen and oxygen atoms in total. The van der Waals surface area contributed by atoms with Crippen LogP contribution in [0.25, 0.3) is 11.1 Å². The van der Waals surface area contributed by atoms with E-state index in [9.17, 15) is 19.2 Å². The number of hydrogen-bond donors (Lipinski definition) is 2. The van der Waals surface area contributed by atoms with Gasteiger partial charge in [0.1, 0.15) is 23.5 Å². The van der Waals surface area contributed by atoms with Crippen LogP contribution in [0, 0.1) is 23.7 Å². The third-order valence-corrected chi connectivity index (χ3v) is 11.4. The number of benzene rings is 1. The van der Waals surface area contributed by atoms with Crippen molar-refractivity contribution in [3.05, 3.63) is 65.3 Å². The van der Waals surface area contributed by atoms with Crippen LogP contribution in [0.2, 0.25) is 0 Å². The minimum Gasteiger partial charge on any atom is -0.444 e. The van der Waals surface area contributed by atoms with E-state index >= 15 is 0 Å². The fourth-order valence-corrected chi connectivity index (χ4v) is 7.60. The SMILES string of the molecule is CC(CCc1ccc(C2=CC=C(c3cnc(C4COCCN4C(=O)C(C)C(C)C)[nH]3)CC2)cc1)C(=O)C1CCCN1C(=O)C(NC(=O)OC(C)(C)C)C(C)C. The van der Waals surface area contributed by atoms with Crippen molar-refractivity contribution in [1.29, 1.82) is 0 Å². The lowest BCUT2D eigenvalue weighted by molar-refractivity contribution is -0.145. The molecule has 0 spiro atoms. The Morgan fingerprint density at radius 2 is 1.62 bits per heavy atom. The van der Waals surface area contributed by atoms with Crippen molar-refractivity contribution in [3.8, 4) is 0 Å². The minimum atomic E-state index is -0.763. The Morgan fingerprint density at radius 1 is 0.927 bits per heavy atom. The van der Waals surface area contributed by atoms with Crippen LogP contribution in [0.15, 0.2) is 42.6 Å². The zero-order chi connectivity index (χ0) is 40.0. The summed E-state index contributed by atoms with van der Waals surface area (Å²) >= 11 is 0. The van der Waals surface area contributed by atoms with Gasteiger partial charge in [-0.25, -0.2) is 9.78 Å². The maximum atomic E-state index is 13.7. The number of hydrogen-bond acceptors (Lipinski definition) is 7. The number of ether oxygens (including phenoxy) is 2. The number of ketones is 1. The predicted molar refractivity (Wildman–Crippen MR) is 215 cm³/mol. The number of alkyl carbamates (subject to hydrolysis) is 1. The second-order valence-corrected chi connectivity index (χ2v) is 17.3. The summed E-state index contributed by atoms with van der Waals surface area (Å²) in [4.78, 5) is 64.9. The van der Waals surface area contributed by atoms with Crippen LogP contribution >= 0.6 is 0 Å². The largest absolute Gasteiger partial charge is 0.444 e. The molecule has 11 heteroatoms. The van der Waals surface area contributed by atoms with Crippen LogP contribution in [0.1, 0.15) is 123 Å². The highest BCUT2D eigenvalue weighted by Gasteiger charge is 2.40.